The number of sulfonamides is 1. The highest BCUT2D eigenvalue weighted by Gasteiger charge is 2.16. The average molecular weight is 293 g/mol. The second-order valence-electron chi connectivity index (χ2n) is 3.69. The number of nitriles is 1. The van der Waals surface area contributed by atoms with Crippen molar-refractivity contribution in [3.63, 3.8) is 0 Å². The van der Waals surface area contributed by atoms with Crippen LogP contribution in [0.1, 0.15) is 5.56 Å². The van der Waals surface area contributed by atoms with E-state index in [-0.39, 0.29) is 21.2 Å². The smallest absolute Gasteiger partial charge is 0.261 e. The van der Waals surface area contributed by atoms with Crippen LogP contribution < -0.4 is 4.72 Å². The Morgan fingerprint density at radius 2 is 1.74 bits per heavy atom. The first-order chi connectivity index (χ1) is 9.04. The fourth-order valence-corrected chi connectivity index (χ4v) is 2.84. The first-order valence-electron chi connectivity index (χ1n) is 5.31. The lowest BCUT2D eigenvalue weighted by Crippen LogP contribution is -2.13. The van der Waals surface area contributed by atoms with Crippen LogP contribution in [-0.2, 0) is 10.0 Å². The van der Waals surface area contributed by atoms with Crippen molar-refractivity contribution >= 4 is 27.3 Å². The van der Waals surface area contributed by atoms with E-state index in [9.17, 15) is 8.42 Å². The van der Waals surface area contributed by atoms with Crippen molar-refractivity contribution in [3.05, 3.63) is 59.1 Å². The molecule has 19 heavy (non-hydrogen) atoms. The molecule has 0 heterocycles. The molecule has 0 saturated heterocycles. The van der Waals surface area contributed by atoms with E-state index in [0.29, 0.717) is 0 Å². The van der Waals surface area contributed by atoms with E-state index in [1.807, 2.05) is 6.07 Å². The van der Waals surface area contributed by atoms with E-state index in [1.54, 1.807) is 24.3 Å². The van der Waals surface area contributed by atoms with Gasteiger partial charge < -0.3 is 0 Å². The van der Waals surface area contributed by atoms with Gasteiger partial charge in [0.1, 0.15) is 6.07 Å². The molecule has 0 saturated carbocycles. The van der Waals surface area contributed by atoms with Crippen molar-refractivity contribution in [2.45, 2.75) is 4.90 Å². The molecule has 0 atom stereocenters. The third kappa shape index (κ3) is 2.87. The Bertz CT molecular complexity index is 737. The predicted molar refractivity (Wildman–Crippen MR) is 73.4 cm³/mol. The van der Waals surface area contributed by atoms with Gasteiger partial charge in [-0.15, -0.1) is 0 Å². The van der Waals surface area contributed by atoms with Gasteiger partial charge in [0.05, 0.1) is 21.2 Å². The fraction of sp³-hybridized carbons (Fsp3) is 0. The van der Waals surface area contributed by atoms with Gasteiger partial charge in [-0.2, -0.15) is 5.26 Å². The van der Waals surface area contributed by atoms with Crippen LogP contribution in [0.4, 0.5) is 5.69 Å². The van der Waals surface area contributed by atoms with Gasteiger partial charge in [0.25, 0.3) is 10.0 Å². The molecule has 0 aliphatic heterocycles. The van der Waals surface area contributed by atoms with E-state index >= 15 is 0 Å². The molecule has 0 spiro atoms. The summed E-state index contributed by atoms with van der Waals surface area (Å²) < 4.78 is 26.6. The Balaban J connectivity index is 2.43. The summed E-state index contributed by atoms with van der Waals surface area (Å²) in [7, 11) is -3.72. The van der Waals surface area contributed by atoms with E-state index in [2.05, 4.69) is 4.72 Å². The molecule has 0 radical (unpaired) electrons. The van der Waals surface area contributed by atoms with Gasteiger partial charge in [-0.25, -0.2) is 8.42 Å². The van der Waals surface area contributed by atoms with Crippen molar-refractivity contribution in [1.82, 2.24) is 0 Å². The maximum absolute atomic E-state index is 12.1. The normalized spacial score (nSPS) is 10.7. The largest absolute Gasteiger partial charge is 0.278 e. The van der Waals surface area contributed by atoms with Gasteiger partial charge >= 0.3 is 0 Å². The number of hydrogen-bond donors (Lipinski definition) is 1. The highest BCUT2D eigenvalue weighted by Crippen LogP contribution is 2.25. The molecular weight excluding hydrogens is 284 g/mol. The zero-order valence-electron chi connectivity index (χ0n) is 9.67. The van der Waals surface area contributed by atoms with Crippen molar-refractivity contribution in [2.24, 2.45) is 0 Å². The summed E-state index contributed by atoms with van der Waals surface area (Å²) in [5.74, 6) is 0. The highest BCUT2D eigenvalue weighted by atomic mass is 35.5. The lowest BCUT2D eigenvalue weighted by Gasteiger charge is -2.09. The molecule has 0 amide bonds. The van der Waals surface area contributed by atoms with E-state index < -0.39 is 10.0 Å². The van der Waals surface area contributed by atoms with Crippen LogP contribution >= 0.6 is 11.6 Å². The summed E-state index contributed by atoms with van der Waals surface area (Å²) in [4.78, 5) is 0.124. The molecule has 6 heteroatoms. The first-order valence-corrected chi connectivity index (χ1v) is 7.17. The minimum atomic E-state index is -3.72. The van der Waals surface area contributed by atoms with Crippen LogP contribution in [0.25, 0.3) is 0 Å². The van der Waals surface area contributed by atoms with Gasteiger partial charge in [-0.3, -0.25) is 4.72 Å². The highest BCUT2D eigenvalue weighted by molar-refractivity contribution is 7.92. The van der Waals surface area contributed by atoms with Gasteiger partial charge in [-0.05, 0) is 24.3 Å². The number of halogens is 1. The van der Waals surface area contributed by atoms with Crippen LogP contribution in [0.3, 0.4) is 0 Å². The van der Waals surface area contributed by atoms with Gasteiger partial charge in [0.15, 0.2) is 0 Å². The van der Waals surface area contributed by atoms with Crippen LogP contribution in [0.15, 0.2) is 53.4 Å². The molecule has 0 unspecified atom stereocenters. The quantitative estimate of drug-likeness (QED) is 0.945. The molecular formula is C13H9ClN2O2S. The molecule has 0 aromatic heterocycles. The minimum Gasteiger partial charge on any atom is -0.278 e. The molecule has 2 aromatic carbocycles. The van der Waals surface area contributed by atoms with Crippen LogP contribution in [-0.4, -0.2) is 8.42 Å². The first kappa shape index (κ1) is 13.4. The van der Waals surface area contributed by atoms with Crippen molar-refractivity contribution < 1.29 is 8.42 Å². The lowest BCUT2D eigenvalue weighted by atomic mass is 10.2. The Hall–Kier alpha value is -2.03. The summed E-state index contributed by atoms with van der Waals surface area (Å²) in [5, 5.41) is 9.20. The Morgan fingerprint density at radius 3 is 2.37 bits per heavy atom. The predicted octanol–water partition coefficient (Wildman–Crippen LogP) is 3.01. The van der Waals surface area contributed by atoms with Crippen molar-refractivity contribution in [3.8, 4) is 6.07 Å². The number of hydrogen-bond acceptors (Lipinski definition) is 3. The molecule has 0 fully saturated rings. The van der Waals surface area contributed by atoms with Gasteiger partial charge in [-0.1, -0.05) is 35.9 Å². The lowest BCUT2D eigenvalue weighted by molar-refractivity contribution is 0.601. The molecule has 2 rings (SSSR count). The fourth-order valence-electron chi connectivity index (χ4n) is 1.53. The summed E-state index contributed by atoms with van der Waals surface area (Å²) in [5.41, 5.74) is 0.266. The zero-order chi connectivity index (χ0) is 13.9. The Kier molecular flexibility index (Phi) is 3.74. The number of nitrogens with one attached hydrogen (secondary N) is 1. The second kappa shape index (κ2) is 5.31. The van der Waals surface area contributed by atoms with Crippen molar-refractivity contribution in [2.75, 3.05) is 4.72 Å². The van der Waals surface area contributed by atoms with Crippen LogP contribution in [0, 0.1) is 11.3 Å². The Labute approximate surface area is 116 Å². The summed E-state index contributed by atoms with van der Waals surface area (Å²) in [6, 6.07) is 14.4. The van der Waals surface area contributed by atoms with E-state index in [0.717, 1.165) is 0 Å². The molecule has 4 nitrogen and oxygen atoms in total. The molecule has 0 aliphatic rings. The number of benzene rings is 2. The van der Waals surface area contributed by atoms with Gasteiger partial charge in [0.2, 0.25) is 0 Å². The maximum Gasteiger partial charge on any atom is 0.261 e. The van der Waals surface area contributed by atoms with Crippen LogP contribution in [0.5, 0.6) is 0 Å². The second-order valence-corrected chi connectivity index (χ2v) is 5.78. The summed E-state index contributed by atoms with van der Waals surface area (Å²) in [6.45, 7) is 0. The van der Waals surface area contributed by atoms with E-state index in [1.165, 1.54) is 24.3 Å². The Morgan fingerprint density at radius 1 is 1.05 bits per heavy atom. The zero-order valence-corrected chi connectivity index (χ0v) is 11.2. The topological polar surface area (TPSA) is 70.0 Å². The van der Waals surface area contributed by atoms with Gasteiger partial charge in [0, 0.05) is 0 Å². The maximum atomic E-state index is 12.1. The number of anilines is 1. The molecule has 0 aliphatic carbocycles. The summed E-state index contributed by atoms with van der Waals surface area (Å²) in [6.07, 6.45) is 0. The number of nitrogens with zero attached hydrogens (tertiary/aromatic N) is 1. The van der Waals surface area contributed by atoms with Crippen molar-refractivity contribution in [1.29, 1.82) is 5.26 Å². The third-order valence-corrected chi connectivity index (χ3v) is 4.12. The molecule has 0 bridgehead atoms. The molecule has 1 N–H and O–H groups in total. The SMILES string of the molecule is N#Cc1c(Cl)cccc1NS(=O)(=O)c1ccccc1. The van der Waals surface area contributed by atoms with Crippen LogP contribution in [0.2, 0.25) is 5.02 Å². The standard InChI is InChI=1S/C13H9ClN2O2S/c14-12-7-4-8-13(11(12)9-15)16-19(17,18)10-5-2-1-3-6-10/h1-8,16H. The number of rotatable bonds is 3. The molecule has 96 valence electrons. The van der Waals surface area contributed by atoms with E-state index in [4.69, 9.17) is 16.9 Å². The monoisotopic (exact) mass is 292 g/mol. The molecule has 2 aromatic rings. The third-order valence-electron chi connectivity index (χ3n) is 2.42. The summed E-state index contributed by atoms with van der Waals surface area (Å²) >= 11 is 5.85. The minimum absolute atomic E-state index is 0.101. The average Bonchev–Trinajstić information content (AvgIpc) is 2.40.